The zero-order chi connectivity index (χ0) is 18.9. The summed E-state index contributed by atoms with van der Waals surface area (Å²) < 4.78 is 0. The minimum absolute atomic E-state index is 0.0161. The summed E-state index contributed by atoms with van der Waals surface area (Å²) in [5, 5.41) is 6.51. The van der Waals surface area contributed by atoms with Crippen LogP contribution < -0.4 is 10.6 Å². The van der Waals surface area contributed by atoms with Crippen LogP contribution in [-0.4, -0.2) is 61.4 Å². The summed E-state index contributed by atoms with van der Waals surface area (Å²) >= 11 is 7.79. The molecule has 2 amide bonds. The molecule has 2 N–H and O–H groups in total. The Labute approximate surface area is 165 Å². The van der Waals surface area contributed by atoms with Crippen LogP contribution in [0, 0.1) is 5.92 Å². The normalized spacial score (nSPS) is 16.3. The van der Waals surface area contributed by atoms with Crippen molar-refractivity contribution in [1.82, 2.24) is 15.5 Å². The lowest BCUT2D eigenvalue weighted by Gasteiger charge is -2.34. The topological polar surface area (TPSA) is 61.4 Å². The Kier molecular flexibility index (Phi) is 8.75. The molecule has 1 heterocycles. The van der Waals surface area contributed by atoms with Gasteiger partial charge in [-0.05, 0) is 62.9 Å². The minimum Gasteiger partial charge on any atom is -0.341 e. The van der Waals surface area contributed by atoms with E-state index in [1.807, 2.05) is 18.2 Å². The third kappa shape index (κ3) is 5.89. The van der Waals surface area contributed by atoms with Crippen molar-refractivity contribution in [2.24, 2.45) is 5.92 Å². The van der Waals surface area contributed by atoms with Gasteiger partial charge < -0.3 is 15.5 Å². The van der Waals surface area contributed by atoms with Gasteiger partial charge in [0.25, 0.3) is 5.91 Å². The average molecular weight is 398 g/mol. The van der Waals surface area contributed by atoms with Crippen LogP contribution in [0.5, 0.6) is 0 Å². The maximum Gasteiger partial charge on any atom is 0.253 e. The van der Waals surface area contributed by atoms with Crippen molar-refractivity contribution in [2.45, 2.75) is 25.3 Å². The third-order valence-corrected chi connectivity index (χ3v) is 5.73. The lowest BCUT2D eigenvalue weighted by molar-refractivity contribution is -0.134. The number of likely N-dealkylation sites (tertiary alicyclic amines) is 1. The van der Waals surface area contributed by atoms with Crippen LogP contribution in [-0.2, 0) is 4.79 Å². The summed E-state index contributed by atoms with van der Waals surface area (Å²) in [4.78, 5) is 27.4. The molecule has 5 nitrogen and oxygen atoms in total. The highest BCUT2D eigenvalue weighted by Gasteiger charge is 2.29. The SMILES string of the molecule is CNCC1CCN(C(=O)C(CCSC)NC(=O)c2ccccc2Cl)CC1. The molecule has 7 heteroatoms. The quantitative estimate of drug-likeness (QED) is 0.707. The fourth-order valence-electron chi connectivity index (χ4n) is 3.24. The number of halogens is 1. The molecule has 2 rings (SSSR count). The monoisotopic (exact) mass is 397 g/mol. The summed E-state index contributed by atoms with van der Waals surface area (Å²) in [5.74, 6) is 1.16. The van der Waals surface area contributed by atoms with Gasteiger partial charge in [0.2, 0.25) is 5.91 Å². The fraction of sp³-hybridized carbons (Fsp3) is 0.579. The molecule has 1 atom stereocenters. The Morgan fingerprint density at radius 2 is 2.00 bits per heavy atom. The van der Waals surface area contributed by atoms with Crippen molar-refractivity contribution in [3.63, 3.8) is 0 Å². The molecule has 144 valence electrons. The van der Waals surface area contributed by atoms with Gasteiger partial charge in [0.15, 0.2) is 0 Å². The number of piperidine rings is 1. The molecule has 0 radical (unpaired) electrons. The molecule has 1 unspecified atom stereocenters. The van der Waals surface area contributed by atoms with E-state index in [1.54, 1.807) is 36.0 Å². The van der Waals surface area contributed by atoms with E-state index in [2.05, 4.69) is 10.6 Å². The summed E-state index contributed by atoms with van der Waals surface area (Å²) in [6.07, 6.45) is 4.62. The number of carbonyl (C=O) groups is 2. The number of benzene rings is 1. The first-order valence-electron chi connectivity index (χ1n) is 9.04. The second-order valence-electron chi connectivity index (χ2n) is 6.61. The van der Waals surface area contributed by atoms with Gasteiger partial charge in [-0.2, -0.15) is 11.8 Å². The molecule has 1 saturated heterocycles. The molecule has 1 aliphatic heterocycles. The van der Waals surface area contributed by atoms with E-state index in [1.165, 1.54) is 0 Å². The van der Waals surface area contributed by atoms with Crippen LogP contribution in [0.25, 0.3) is 0 Å². The van der Waals surface area contributed by atoms with E-state index in [4.69, 9.17) is 11.6 Å². The third-order valence-electron chi connectivity index (χ3n) is 4.75. The maximum atomic E-state index is 13.0. The van der Waals surface area contributed by atoms with Crippen molar-refractivity contribution >= 4 is 35.2 Å². The van der Waals surface area contributed by atoms with Crippen LogP contribution in [0.2, 0.25) is 5.02 Å². The highest BCUT2D eigenvalue weighted by atomic mass is 35.5. The molecule has 1 aromatic carbocycles. The largest absolute Gasteiger partial charge is 0.341 e. The Hall–Kier alpha value is -1.24. The molecular formula is C19H28ClN3O2S. The summed E-state index contributed by atoms with van der Waals surface area (Å²) in [5.41, 5.74) is 0.406. The summed E-state index contributed by atoms with van der Waals surface area (Å²) in [6.45, 7) is 2.49. The molecule has 1 aromatic rings. The van der Waals surface area contributed by atoms with E-state index in [9.17, 15) is 9.59 Å². The first-order valence-corrected chi connectivity index (χ1v) is 10.8. The molecular weight excluding hydrogens is 370 g/mol. The van der Waals surface area contributed by atoms with E-state index in [-0.39, 0.29) is 11.8 Å². The van der Waals surface area contributed by atoms with Gasteiger partial charge in [0.05, 0.1) is 10.6 Å². The number of carbonyl (C=O) groups excluding carboxylic acids is 2. The van der Waals surface area contributed by atoms with Crippen LogP contribution in [0.3, 0.4) is 0 Å². The highest BCUT2D eigenvalue weighted by molar-refractivity contribution is 7.98. The van der Waals surface area contributed by atoms with Crippen LogP contribution >= 0.6 is 23.4 Å². The summed E-state index contributed by atoms with van der Waals surface area (Å²) in [7, 11) is 1.96. The van der Waals surface area contributed by atoms with Crippen molar-refractivity contribution < 1.29 is 9.59 Å². The molecule has 0 spiro atoms. The van der Waals surface area contributed by atoms with Crippen molar-refractivity contribution in [1.29, 1.82) is 0 Å². The zero-order valence-corrected chi connectivity index (χ0v) is 17.0. The van der Waals surface area contributed by atoms with Crippen LogP contribution in [0.4, 0.5) is 0 Å². The molecule has 0 aromatic heterocycles. The first kappa shape index (κ1) is 21.1. The van der Waals surface area contributed by atoms with Gasteiger partial charge in [0.1, 0.15) is 6.04 Å². The molecule has 0 bridgehead atoms. The lowest BCUT2D eigenvalue weighted by Crippen LogP contribution is -2.51. The van der Waals surface area contributed by atoms with E-state index in [0.717, 1.165) is 38.2 Å². The molecule has 0 saturated carbocycles. The zero-order valence-electron chi connectivity index (χ0n) is 15.5. The van der Waals surface area contributed by atoms with E-state index < -0.39 is 6.04 Å². The van der Waals surface area contributed by atoms with E-state index in [0.29, 0.717) is 22.9 Å². The van der Waals surface area contributed by atoms with Crippen molar-refractivity contribution in [3.8, 4) is 0 Å². The first-order chi connectivity index (χ1) is 12.6. The second kappa shape index (κ2) is 10.8. The Balaban J connectivity index is 2.01. The van der Waals surface area contributed by atoms with Gasteiger partial charge in [-0.25, -0.2) is 0 Å². The van der Waals surface area contributed by atoms with Gasteiger partial charge in [0, 0.05) is 13.1 Å². The number of hydrogen-bond donors (Lipinski definition) is 2. The maximum absolute atomic E-state index is 13.0. The number of amides is 2. The minimum atomic E-state index is -0.507. The Morgan fingerprint density at radius 3 is 2.62 bits per heavy atom. The number of thioether (sulfide) groups is 1. The van der Waals surface area contributed by atoms with Gasteiger partial charge in [-0.15, -0.1) is 0 Å². The van der Waals surface area contributed by atoms with Crippen LogP contribution in [0.15, 0.2) is 24.3 Å². The standard InChI is InChI=1S/C19H28ClN3O2S/c1-21-13-14-7-10-23(11-8-14)19(25)17(9-12-26-2)22-18(24)15-5-3-4-6-16(15)20/h3-6,14,17,21H,7-13H2,1-2H3,(H,22,24). The number of nitrogens with one attached hydrogen (secondary N) is 2. The molecule has 1 aliphatic rings. The van der Waals surface area contributed by atoms with Crippen molar-refractivity contribution in [3.05, 3.63) is 34.9 Å². The highest BCUT2D eigenvalue weighted by Crippen LogP contribution is 2.19. The van der Waals surface area contributed by atoms with E-state index >= 15 is 0 Å². The van der Waals surface area contributed by atoms with Gasteiger partial charge in [-0.3, -0.25) is 9.59 Å². The van der Waals surface area contributed by atoms with Crippen molar-refractivity contribution in [2.75, 3.05) is 38.7 Å². The molecule has 1 fully saturated rings. The predicted molar refractivity (Wildman–Crippen MR) is 109 cm³/mol. The van der Waals surface area contributed by atoms with Gasteiger partial charge >= 0.3 is 0 Å². The predicted octanol–water partition coefficient (Wildman–Crippen LogP) is 2.65. The second-order valence-corrected chi connectivity index (χ2v) is 8.01. The molecule has 26 heavy (non-hydrogen) atoms. The number of rotatable bonds is 8. The average Bonchev–Trinajstić information content (AvgIpc) is 2.65. The molecule has 0 aliphatic carbocycles. The number of nitrogens with zero attached hydrogens (tertiary/aromatic N) is 1. The lowest BCUT2D eigenvalue weighted by atomic mass is 9.96. The Bertz CT molecular complexity index is 606. The van der Waals surface area contributed by atoms with Gasteiger partial charge in [-0.1, -0.05) is 23.7 Å². The smallest absolute Gasteiger partial charge is 0.253 e. The fourth-order valence-corrected chi connectivity index (χ4v) is 3.93. The van der Waals surface area contributed by atoms with Crippen LogP contribution in [0.1, 0.15) is 29.6 Å². The number of hydrogen-bond acceptors (Lipinski definition) is 4. The Morgan fingerprint density at radius 1 is 1.31 bits per heavy atom. The summed E-state index contributed by atoms with van der Waals surface area (Å²) in [6, 6.07) is 6.40.